The maximum Gasteiger partial charge on any atom is 0.107 e. The third-order valence-electron chi connectivity index (χ3n) is 3.24. The van der Waals surface area contributed by atoms with E-state index in [4.69, 9.17) is 0 Å². The smallest absolute Gasteiger partial charge is 0.107 e. The van der Waals surface area contributed by atoms with Crippen LogP contribution in [0.1, 0.15) is 18.5 Å². The second-order valence-corrected chi connectivity index (χ2v) is 5.40. The molecule has 1 aromatic carbocycles. The minimum Gasteiger partial charge on any atom is -0.241 e. The number of rotatable bonds is 2. The van der Waals surface area contributed by atoms with Gasteiger partial charge in [-0.15, -0.1) is 0 Å². The normalized spacial score (nSPS) is 14.3. The molecule has 19 heavy (non-hydrogen) atoms. The summed E-state index contributed by atoms with van der Waals surface area (Å²) in [7, 11) is 0. The van der Waals surface area contributed by atoms with E-state index < -0.39 is 0 Å². The Hall–Kier alpha value is -1.67. The number of allylic oxidation sites excluding steroid dienone is 4. The van der Waals surface area contributed by atoms with Gasteiger partial charge in [-0.2, -0.15) is 0 Å². The van der Waals surface area contributed by atoms with Gasteiger partial charge < -0.3 is 0 Å². The highest BCUT2D eigenvalue weighted by Crippen LogP contribution is 2.28. The van der Waals surface area contributed by atoms with Gasteiger partial charge >= 0.3 is 0 Å². The molecule has 0 aliphatic heterocycles. The quantitative estimate of drug-likeness (QED) is 0.691. The van der Waals surface area contributed by atoms with Gasteiger partial charge in [0.2, 0.25) is 0 Å². The summed E-state index contributed by atoms with van der Waals surface area (Å²) >= 11 is 3.52. The van der Waals surface area contributed by atoms with E-state index in [-0.39, 0.29) is 0 Å². The van der Waals surface area contributed by atoms with Crippen LogP contribution in [0.4, 0.5) is 0 Å². The molecule has 0 bridgehead atoms. The van der Waals surface area contributed by atoms with Crippen molar-refractivity contribution in [3.8, 4) is 11.1 Å². The van der Waals surface area contributed by atoms with Crippen molar-refractivity contribution in [2.24, 2.45) is 0 Å². The first-order valence-corrected chi connectivity index (χ1v) is 7.21. The molecule has 0 unspecified atom stereocenters. The molecule has 1 nitrogen and oxygen atoms in total. The molecule has 0 radical (unpaired) electrons. The van der Waals surface area contributed by atoms with Crippen LogP contribution >= 0.6 is 15.9 Å². The van der Waals surface area contributed by atoms with Crippen LogP contribution in [0.15, 0.2) is 65.3 Å². The molecule has 1 heterocycles. The highest BCUT2D eigenvalue weighted by molar-refractivity contribution is 9.10. The minimum atomic E-state index is 0.888. The van der Waals surface area contributed by atoms with Crippen LogP contribution in [0.2, 0.25) is 0 Å². The van der Waals surface area contributed by atoms with Crippen molar-refractivity contribution in [3.63, 3.8) is 0 Å². The monoisotopic (exact) mass is 311 g/mol. The standard InChI is InChI=1S/C17H14BrN/c18-17-12-15(13-7-3-1-4-8-13)11-16(19-17)14-9-5-2-6-10-14/h1-5,7-9,11-12H,6,10H2. The van der Waals surface area contributed by atoms with Crippen molar-refractivity contribution in [1.29, 1.82) is 0 Å². The highest BCUT2D eigenvalue weighted by Gasteiger charge is 2.08. The lowest BCUT2D eigenvalue weighted by atomic mass is 9.99. The van der Waals surface area contributed by atoms with E-state index in [1.165, 1.54) is 16.7 Å². The van der Waals surface area contributed by atoms with E-state index in [1.54, 1.807) is 0 Å². The number of halogens is 1. The van der Waals surface area contributed by atoms with E-state index >= 15 is 0 Å². The molecular weight excluding hydrogens is 298 g/mol. The van der Waals surface area contributed by atoms with E-state index in [1.807, 2.05) is 6.07 Å². The molecule has 0 saturated carbocycles. The van der Waals surface area contributed by atoms with Gasteiger partial charge in [0.1, 0.15) is 4.60 Å². The predicted octanol–water partition coefficient (Wildman–Crippen LogP) is 5.24. The number of nitrogens with zero attached hydrogens (tertiary/aromatic N) is 1. The Kier molecular flexibility index (Phi) is 3.60. The van der Waals surface area contributed by atoms with Crippen LogP contribution in [0.25, 0.3) is 16.7 Å². The average molecular weight is 312 g/mol. The van der Waals surface area contributed by atoms with Gasteiger partial charge in [-0.25, -0.2) is 4.98 Å². The van der Waals surface area contributed by atoms with E-state index in [9.17, 15) is 0 Å². The fourth-order valence-electron chi connectivity index (χ4n) is 2.27. The molecule has 2 heteroatoms. The number of pyridine rings is 1. The zero-order chi connectivity index (χ0) is 13.1. The summed E-state index contributed by atoms with van der Waals surface area (Å²) in [4.78, 5) is 4.60. The van der Waals surface area contributed by atoms with Crippen molar-refractivity contribution in [1.82, 2.24) is 4.98 Å². The molecule has 94 valence electrons. The van der Waals surface area contributed by atoms with Gasteiger partial charge in [0.25, 0.3) is 0 Å². The lowest BCUT2D eigenvalue weighted by Gasteiger charge is -2.11. The van der Waals surface area contributed by atoms with Gasteiger partial charge in [0.15, 0.2) is 0 Å². The summed E-state index contributed by atoms with van der Waals surface area (Å²) in [5.74, 6) is 0. The summed E-state index contributed by atoms with van der Waals surface area (Å²) in [6, 6.07) is 14.7. The van der Waals surface area contributed by atoms with Crippen LogP contribution in [-0.2, 0) is 0 Å². The van der Waals surface area contributed by atoms with Crippen LogP contribution in [0, 0.1) is 0 Å². The zero-order valence-electron chi connectivity index (χ0n) is 10.5. The van der Waals surface area contributed by atoms with E-state index in [2.05, 4.69) is 75.5 Å². The topological polar surface area (TPSA) is 12.9 Å². The van der Waals surface area contributed by atoms with Gasteiger partial charge in [0.05, 0.1) is 5.69 Å². The first-order valence-electron chi connectivity index (χ1n) is 6.42. The molecule has 1 aliphatic carbocycles. The second kappa shape index (κ2) is 5.54. The van der Waals surface area contributed by atoms with Gasteiger partial charge in [-0.05, 0) is 57.6 Å². The first kappa shape index (κ1) is 12.4. The summed E-state index contributed by atoms with van der Waals surface area (Å²) in [5, 5.41) is 0. The fourth-order valence-corrected chi connectivity index (χ4v) is 2.71. The van der Waals surface area contributed by atoms with Crippen LogP contribution in [0.5, 0.6) is 0 Å². The molecule has 0 saturated heterocycles. The van der Waals surface area contributed by atoms with Gasteiger partial charge in [-0.1, -0.05) is 48.6 Å². The zero-order valence-corrected chi connectivity index (χ0v) is 12.1. The Labute approximate surface area is 121 Å². The van der Waals surface area contributed by atoms with Gasteiger partial charge in [0, 0.05) is 0 Å². The minimum absolute atomic E-state index is 0.888. The number of benzene rings is 1. The van der Waals surface area contributed by atoms with Crippen molar-refractivity contribution < 1.29 is 0 Å². The molecule has 0 fully saturated rings. The predicted molar refractivity (Wildman–Crippen MR) is 83.7 cm³/mol. The number of aromatic nitrogens is 1. The molecule has 1 aromatic heterocycles. The first-order chi connectivity index (χ1) is 9.33. The molecular formula is C17H14BrN. The lowest BCUT2D eigenvalue weighted by molar-refractivity contribution is 1.03. The Morgan fingerprint density at radius 3 is 2.58 bits per heavy atom. The Morgan fingerprint density at radius 2 is 1.84 bits per heavy atom. The highest BCUT2D eigenvalue weighted by atomic mass is 79.9. The Bertz CT molecular complexity index is 642. The van der Waals surface area contributed by atoms with Gasteiger partial charge in [-0.3, -0.25) is 0 Å². The SMILES string of the molecule is Brc1cc(-c2ccccc2)cc(C2=CC=CCC2)n1. The summed E-state index contributed by atoms with van der Waals surface area (Å²) < 4.78 is 0.888. The third kappa shape index (κ3) is 2.85. The van der Waals surface area contributed by atoms with Crippen molar-refractivity contribution >= 4 is 21.5 Å². The van der Waals surface area contributed by atoms with Crippen LogP contribution in [-0.4, -0.2) is 4.98 Å². The molecule has 0 N–H and O–H groups in total. The molecule has 2 aromatic rings. The second-order valence-electron chi connectivity index (χ2n) is 4.59. The molecule has 0 atom stereocenters. The summed E-state index contributed by atoms with van der Waals surface area (Å²) in [6.45, 7) is 0. The average Bonchev–Trinajstić information content (AvgIpc) is 2.48. The number of hydrogen-bond donors (Lipinski definition) is 0. The largest absolute Gasteiger partial charge is 0.241 e. The third-order valence-corrected chi connectivity index (χ3v) is 3.65. The molecule has 1 aliphatic rings. The maximum atomic E-state index is 4.60. The lowest BCUT2D eigenvalue weighted by Crippen LogP contribution is -1.94. The molecule has 3 rings (SSSR count). The Balaban J connectivity index is 2.06. The maximum absolute atomic E-state index is 4.60. The Morgan fingerprint density at radius 1 is 1.00 bits per heavy atom. The van der Waals surface area contributed by atoms with Crippen molar-refractivity contribution in [2.45, 2.75) is 12.8 Å². The van der Waals surface area contributed by atoms with Crippen LogP contribution in [0.3, 0.4) is 0 Å². The molecule has 0 amide bonds. The van der Waals surface area contributed by atoms with Crippen molar-refractivity contribution in [2.75, 3.05) is 0 Å². The molecule has 0 spiro atoms. The summed E-state index contributed by atoms with van der Waals surface area (Å²) in [6.07, 6.45) is 8.63. The summed E-state index contributed by atoms with van der Waals surface area (Å²) in [5.41, 5.74) is 4.80. The van der Waals surface area contributed by atoms with Crippen molar-refractivity contribution in [3.05, 3.63) is 71.0 Å². The number of hydrogen-bond acceptors (Lipinski definition) is 1. The van der Waals surface area contributed by atoms with Crippen LogP contribution < -0.4 is 0 Å². The van der Waals surface area contributed by atoms with E-state index in [0.717, 1.165) is 23.1 Å². The van der Waals surface area contributed by atoms with E-state index in [0.29, 0.717) is 0 Å². The fraction of sp³-hybridized carbons (Fsp3) is 0.118.